The second-order valence-corrected chi connectivity index (χ2v) is 5.56. The van der Waals surface area contributed by atoms with Gasteiger partial charge in [0.25, 0.3) is 0 Å². The van der Waals surface area contributed by atoms with E-state index in [4.69, 9.17) is 4.74 Å². The molecule has 26 heavy (non-hydrogen) atoms. The zero-order valence-electron chi connectivity index (χ0n) is 12.8. The zero-order valence-corrected chi connectivity index (χ0v) is 12.8. The van der Waals surface area contributed by atoms with E-state index < -0.39 is 64.5 Å². The van der Waals surface area contributed by atoms with Crippen molar-refractivity contribution < 1.29 is 41.4 Å². The maximum atomic E-state index is 13.9. The maximum absolute atomic E-state index is 13.9. The minimum Gasteiger partial charge on any atom is -0.478 e. The third-order valence-corrected chi connectivity index (χ3v) is 4.10. The number of esters is 1. The van der Waals surface area contributed by atoms with Gasteiger partial charge in [-0.15, -0.1) is 0 Å². The average Bonchev–Trinajstić information content (AvgIpc) is 2.92. The second-order valence-electron chi connectivity index (χ2n) is 5.56. The molecule has 2 aliphatic rings. The highest BCUT2D eigenvalue weighted by molar-refractivity contribution is 6.00. The Hall–Kier alpha value is -2.91. The molecule has 2 N–H and O–H groups in total. The highest BCUT2D eigenvalue weighted by Gasteiger charge is 2.47. The van der Waals surface area contributed by atoms with E-state index in [1.54, 1.807) is 0 Å². The molecular formula is C16H10F5NO4. The first-order valence-corrected chi connectivity index (χ1v) is 7.21. The monoisotopic (exact) mass is 375 g/mol. The van der Waals surface area contributed by atoms with E-state index >= 15 is 0 Å². The molecule has 0 fully saturated rings. The van der Waals surface area contributed by atoms with Crippen molar-refractivity contribution in [2.24, 2.45) is 0 Å². The van der Waals surface area contributed by atoms with E-state index in [-0.39, 0.29) is 12.3 Å². The Kier molecular flexibility index (Phi) is 4.21. The molecule has 0 bridgehead atoms. The summed E-state index contributed by atoms with van der Waals surface area (Å²) in [4.78, 5) is 23.6. The van der Waals surface area contributed by atoms with Gasteiger partial charge in [-0.3, -0.25) is 0 Å². The van der Waals surface area contributed by atoms with Gasteiger partial charge >= 0.3 is 18.1 Å². The summed E-state index contributed by atoms with van der Waals surface area (Å²) in [7, 11) is 0. The first-order chi connectivity index (χ1) is 12.2. The number of carbonyl (C=O) groups excluding carboxylic acids is 1. The van der Waals surface area contributed by atoms with E-state index in [0.717, 1.165) is 12.1 Å². The normalized spacial score (nSPS) is 20.0. The Bertz CT molecular complexity index is 872. The number of aliphatic carboxylic acids is 1. The van der Waals surface area contributed by atoms with Crippen molar-refractivity contribution in [3.63, 3.8) is 0 Å². The highest BCUT2D eigenvalue weighted by Crippen LogP contribution is 2.46. The number of hydrogen-bond donors (Lipinski definition) is 2. The molecule has 0 aliphatic carbocycles. The number of carboxylic acid groups (broad SMARTS) is 1. The van der Waals surface area contributed by atoms with Gasteiger partial charge in [0, 0.05) is 0 Å². The number of nitrogens with one attached hydrogen (secondary N) is 1. The van der Waals surface area contributed by atoms with Crippen LogP contribution in [0.15, 0.2) is 40.7 Å². The van der Waals surface area contributed by atoms with E-state index in [2.05, 4.69) is 5.32 Å². The molecular weight excluding hydrogens is 365 g/mol. The number of dihydropyridines is 1. The molecule has 138 valence electrons. The molecule has 1 atom stereocenters. The fraction of sp³-hybridized carbons (Fsp3) is 0.250. The molecule has 0 unspecified atom stereocenters. The predicted octanol–water partition coefficient (Wildman–Crippen LogP) is 2.65. The molecule has 2 aliphatic heterocycles. The largest absolute Gasteiger partial charge is 0.478 e. The van der Waals surface area contributed by atoms with Gasteiger partial charge in [-0.2, -0.15) is 13.2 Å². The molecule has 0 spiro atoms. The second kappa shape index (κ2) is 6.11. The lowest BCUT2D eigenvalue weighted by molar-refractivity contribution is -0.141. The predicted molar refractivity (Wildman–Crippen MR) is 75.9 cm³/mol. The topological polar surface area (TPSA) is 75.6 Å². The third-order valence-electron chi connectivity index (χ3n) is 4.10. The minimum absolute atomic E-state index is 0.0463. The summed E-state index contributed by atoms with van der Waals surface area (Å²) >= 11 is 0. The molecule has 2 heterocycles. The number of benzene rings is 1. The molecule has 0 saturated carbocycles. The van der Waals surface area contributed by atoms with Crippen molar-refractivity contribution in [1.82, 2.24) is 5.32 Å². The van der Waals surface area contributed by atoms with Gasteiger partial charge in [-0.25, -0.2) is 18.4 Å². The van der Waals surface area contributed by atoms with Crippen molar-refractivity contribution in [1.29, 1.82) is 0 Å². The molecule has 1 aromatic rings. The number of ether oxygens (including phenoxy) is 1. The van der Waals surface area contributed by atoms with Gasteiger partial charge in [0.1, 0.15) is 19.1 Å². The smallest absolute Gasteiger partial charge is 0.419 e. The molecule has 10 heteroatoms. The lowest BCUT2D eigenvalue weighted by atomic mass is 9.78. The molecule has 0 aromatic heterocycles. The van der Waals surface area contributed by atoms with Crippen molar-refractivity contribution in [3.05, 3.63) is 57.7 Å². The Morgan fingerprint density at radius 1 is 1.35 bits per heavy atom. The SMILES string of the molecule is O=C(O)C1=C(CF)NC2=C(C(=O)OC2)[C@@H]1c1cccc(F)c1C(F)(F)F. The van der Waals surface area contributed by atoms with E-state index in [1.807, 2.05) is 0 Å². The number of allylic oxidation sites excluding steroid dienone is 1. The van der Waals surface area contributed by atoms with Crippen LogP contribution in [0.5, 0.6) is 0 Å². The van der Waals surface area contributed by atoms with Crippen LogP contribution in [0, 0.1) is 5.82 Å². The number of cyclic esters (lactones) is 1. The van der Waals surface area contributed by atoms with Crippen molar-refractivity contribution in [2.45, 2.75) is 12.1 Å². The summed E-state index contributed by atoms with van der Waals surface area (Å²) in [5.41, 5.74) is -4.28. The van der Waals surface area contributed by atoms with E-state index in [0.29, 0.717) is 6.07 Å². The molecule has 0 amide bonds. The van der Waals surface area contributed by atoms with Crippen LogP contribution in [0.1, 0.15) is 17.0 Å². The van der Waals surface area contributed by atoms with Gasteiger partial charge in [0.15, 0.2) is 0 Å². The number of rotatable bonds is 3. The van der Waals surface area contributed by atoms with Crippen molar-refractivity contribution in [2.75, 3.05) is 13.3 Å². The van der Waals surface area contributed by atoms with Crippen LogP contribution in [-0.4, -0.2) is 30.3 Å². The van der Waals surface area contributed by atoms with Gasteiger partial charge in [0.2, 0.25) is 0 Å². The quantitative estimate of drug-likeness (QED) is 0.628. The number of alkyl halides is 4. The first-order valence-electron chi connectivity index (χ1n) is 7.21. The minimum atomic E-state index is -5.16. The van der Waals surface area contributed by atoms with Crippen LogP contribution in [-0.2, 0) is 20.5 Å². The van der Waals surface area contributed by atoms with Crippen LogP contribution >= 0.6 is 0 Å². The lowest BCUT2D eigenvalue weighted by Crippen LogP contribution is -2.32. The fourth-order valence-corrected chi connectivity index (χ4v) is 3.13. The average molecular weight is 375 g/mol. The molecule has 3 rings (SSSR count). The van der Waals surface area contributed by atoms with Crippen LogP contribution < -0.4 is 5.32 Å². The number of hydrogen-bond acceptors (Lipinski definition) is 4. The summed E-state index contributed by atoms with van der Waals surface area (Å²) in [5.74, 6) is -6.24. The number of carbonyl (C=O) groups is 2. The lowest BCUT2D eigenvalue weighted by Gasteiger charge is -2.28. The van der Waals surface area contributed by atoms with Gasteiger partial charge < -0.3 is 15.2 Å². The van der Waals surface area contributed by atoms with Gasteiger partial charge in [-0.1, -0.05) is 12.1 Å². The van der Waals surface area contributed by atoms with Crippen molar-refractivity contribution >= 4 is 11.9 Å². The Morgan fingerprint density at radius 2 is 2.04 bits per heavy atom. The standard InChI is InChI=1S/C16H10F5NO4/c17-4-8-11(14(23)24)10(12-9(22-8)5-26-15(12)25)6-2-1-3-7(18)13(6)16(19,20)21/h1-3,10,22H,4-5H2,(H,23,24)/t10-/m1/s1. The Morgan fingerprint density at radius 3 is 2.62 bits per heavy atom. The molecule has 0 saturated heterocycles. The Labute approximate surface area is 142 Å². The summed E-state index contributed by atoms with van der Waals surface area (Å²) < 4.78 is 72.2. The highest BCUT2D eigenvalue weighted by atomic mass is 19.4. The van der Waals surface area contributed by atoms with Crippen LogP contribution in [0.3, 0.4) is 0 Å². The van der Waals surface area contributed by atoms with E-state index in [1.165, 1.54) is 0 Å². The first kappa shape index (κ1) is 17.9. The number of halogens is 5. The van der Waals surface area contributed by atoms with Gasteiger partial charge in [0.05, 0.1) is 34.0 Å². The van der Waals surface area contributed by atoms with Crippen LogP contribution in [0.2, 0.25) is 0 Å². The molecule has 1 aromatic carbocycles. The Balaban J connectivity index is 2.34. The zero-order chi connectivity index (χ0) is 19.2. The maximum Gasteiger partial charge on any atom is 0.419 e. The van der Waals surface area contributed by atoms with E-state index in [9.17, 15) is 36.6 Å². The molecule has 0 radical (unpaired) electrons. The summed E-state index contributed by atoms with van der Waals surface area (Å²) in [6.45, 7) is -1.71. The molecule has 5 nitrogen and oxygen atoms in total. The van der Waals surface area contributed by atoms with Crippen molar-refractivity contribution in [3.8, 4) is 0 Å². The fourth-order valence-electron chi connectivity index (χ4n) is 3.13. The third kappa shape index (κ3) is 2.71. The summed E-state index contributed by atoms with van der Waals surface area (Å²) in [6.07, 6.45) is -5.16. The van der Waals surface area contributed by atoms with Gasteiger partial charge in [-0.05, 0) is 11.6 Å². The van der Waals surface area contributed by atoms with Crippen LogP contribution in [0.4, 0.5) is 22.0 Å². The number of carboxylic acids is 1. The summed E-state index contributed by atoms with van der Waals surface area (Å²) in [6, 6.07) is 2.38. The van der Waals surface area contributed by atoms with Crippen LogP contribution in [0.25, 0.3) is 0 Å². The summed E-state index contributed by atoms with van der Waals surface area (Å²) in [5, 5.41) is 11.8.